The molecule has 1 aromatic rings. The molecule has 5 nitrogen and oxygen atoms in total. The Morgan fingerprint density at radius 1 is 1.35 bits per heavy atom. The monoisotopic (exact) mass is 298 g/mol. The Kier molecular flexibility index (Phi) is 6.87. The van der Waals surface area contributed by atoms with Crippen molar-refractivity contribution in [2.75, 3.05) is 18.5 Å². The van der Waals surface area contributed by atoms with E-state index in [2.05, 4.69) is 10.6 Å². The quantitative estimate of drug-likeness (QED) is 0.758. The Morgan fingerprint density at radius 2 is 2.05 bits per heavy atom. The average molecular weight is 299 g/mol. The van der Waals surface area contributed by atoms with Crippen LogP contribution in [-0.2, 0) is 9.59 Å². The molecule has 2 amide bonds. The van der Waals surface area contributed by atoms with E-state index in [0.717, 1.165) is 0 Å². The lowest BCUT2D eigenvalue weighted by Crippen LogP contribution is -2.32. The third-order valence-electron chi connectivity index (χ3n) is 2.47. The van der Waals surface area contributed by atoms with E-state index < -0.39 is 5.38 Å². The standard InChI is InChI=1S/C14H19ClN2O3/c1-3-20-12-7-5-4-6-11(12)17-13(18)8-9-16-14(19)10(2)15/h4-7,10H,3,8-9H2,1-2H3,(H,16,19)(H,17,18). The van der Waals surface area contributed by atoms with Crippen molar-refractivity contribution in [1.29, 1.82) is 0 Å². The Hall–Kier alpha value is -1.75. The summed E-state index contributed by atoms with van der Waals surface area (Å²) < 4.78 is 5.41. The van der Waals surface area contributed by atoms with Crippen LogP contribution < -0.4 is 15.4 Å². The van der Waals surface area contributed by atoms with Gasteiger partial charge in [-0.2, -0.15) is 0 Å². The zero-order valence-corrected chi connectivity index (χ0v) is 12.4. The first-order chi connectivity index (χ1) is 9.54. The molecule has 1 rings (SSSR count). The zero-order valence-electron chi connectivity index (χ0n) is 11.6. The maximum Gasteiger partial charge on any atom is 0.237 e. The van der Waals surface area contributed by atoms with Gasteiger partial charge in [0.25, 0.3) is 0 Å². The molecule has 1 atom stereocenters. The molecule has 0 saturated carbocycles. The summed E-state index contributed by atoms with van der Waals surface area (Å²) in [6, 6.07) is 7.20. The number of nitrogens with one attached hydrogen (secondary N) is 2. The van der Waals surface area contributed by atoms with Crippen LogP contribution in [0.5, 0.6) is 5.75 Å². The number of carbonyl (C=O) groups excluding carboxylic acids is 2. The number of alkyl halides is 1. The first kappa shape index (κ1) is 16.3. The number of benzene rings is 1. The molecule has 0 saturated heterocycles. The summed E-state index contributed by atoms with van der Waals surface area (Å²) >= 11 is 5.60. The van der Waals surface area contributed by atoms with Crippen molar-refractivity contribution in [3.8, 4) is 5.75 Å². The van der Waals surface area contributed by atoms with Gasteiger partial charge in [-0.1, -0.05) is 12.1 Å². The maximum atomic E-state index is 11.8. The summed E-state index contributed by atoms with van der Waals surface area (Å²) in [5.41, 5.74) is 0.622. The summed E-state index contributed by atoms with van der Waals surface area (Å²) in [4.78, 5) is 23.0. The number of halogens is 1. The Labute approximate surface area is 123 Å². The van der Waals surface area contributed by atoms with Crippen molar-refractivity contribution in [3.05, 3.63) is 24.3 Å². The summed E-state index contributed by atoms with van der Waals surface area (Å²) in [5, 5.41) is 4.73. The van der Waals surface area contributed by atoms with Crippen LogP contribution in [0.3, 0.4) is 0 Å². The fraction of sp³-hybridized carbons (Fsp3) is 0.429. The highest BCUT2D eigenvalue weighted by molar-refractivity contribution is 6.30. The number of anilines is 1. The minimum Gasteiger partial charge on any atom is -0.492 e. The number of hydrogen-bond acceptors (Lipinski definition) is 3. The zero-order chi connectivity index (χ0) is 15.0. The minimum atomic E-state index is -0.600. The summed E-state index contributed by atoms with van der Waals surface area (Å²) in [5.74, 6) is 0.149. The summed E-state index contributed by atoms with van der Waals surface area (Å²) in [7, 11) is 0. The molecular weight excluding hydrogens is 280 g/mol. The molecule has 0 bridgehead atoms. The van der Waals surface area contributed by atoms with E-state index in [-0.39, 0.29) is 24.8 Å². The van der Waals surface area contributed by atoms with E-state index in [0.29, 0.717) is 18.0 Å². The lowest BCUT2D eigenvalue weighted by Gasteiger charge is -2.11. The maximum absolute atomic E-state index is 11.8. The lowest BCUT2D eigenvalue weighted by atomic mass is 10.2. The Morgan fingerprint density at radius 3 is 2.70 bits per heavy atom. The molecular formula is C14H19ClN2O3. The van der Waals surface area contributed by atoms with E-state index in [4.69, 9.17) is 16.3 Å². The van der Waals surface area contributed by atoms with Crippen LogP contribution in [0.4, 0.5) is 5.69 Å². The van der Waals surface area contributed by atoms with E-state index in [9.17, 15) is 9.59 Å². The molecule has 20 heavy (non-hydrogen) atoms. The predicted octanol–water partition coefficient (Wildman–Crippen LogP) is 2.16. The summed E-state index contributed by atoms with van der Waals surface area (Å²) in [6.45, 7) is 4.23. The third-order valence-corrected chi connectivity index (χ3v) is 2.67. The highest BCUT2D eigenvalue weighted by Crippen LogP contribution is 2.23. The van der Waals surface area contributed by atoms with E-state index in [1.807, 2.05) is 19.1 Å². The fourth-order valence-electron chi connectivity index (χ4n) is 1.50. The van der Waals surface area contributed by atoms with Gasteiger partial charge in [0, 0.05) is 13.0 Å². The number of carbonyl (C=O) groups is 2. The van der Waals surface area contributed by atoms with Crippen LogP contribution in [-0.4, -0.2) is 30.3 Å². The van der Waals surface area contributed by atoms with Gasteiger partial charge < -0.3 is 15.4 Å². The second-order valence-electron chi connectivity index (χ2n) is 4.13. The van der Waals surface area contributed by atoms with Gasteiger partial charge >= 0.3 is 0 Å². The first-order valence-electron chi connectivity index (χ1n) is 6.48. The number of para-hydroxylation sites is 2. The normalized spacial score (nSPS) is 11.6. The number of amides is 2. The lowest BCUT2D eigenvalue weighted by molar-refractivity contribution is -0.120. The molecule has 0 aliphatic rings. The van der Waals surface area contributed by atoms with Crippen molar-refractivity contribution in [1.82, 2.24) is 5.32 Å². The van der Waals surface area contributed by atoms with Crippen molar-refractivity contribution < 1.29 is 14.3 Å². The topological polar surface area (TPSA) is 67.4 Å². The van der Waals surface area contributed by atoms with E-state index in [1.165, 1.54) is 0 Å². The van der Waals surface area contributed by atoms with Gasteiger partial charge in [0.05, 0.1) is 12.3 Å². The van der Waals surface area contributed by atoms with Crippen molar-refractivity contribution >= 4 is 29.1 Å². The second kappa shape index (κ2) is 8.43. The molecule has 110 valence electrons. The number of hydrogen-bond donors (Lipinski definition) is 2. The SMILES string of the molecule is CCOc1ccccc1NC(=O)CCNC(=O)C(C)Cl. The molecule has 0 fully saturated rings. The van der Waals surface area contributed by atoms with Crippen LogP contribution in [0.1, 0.15) is 20.3 Å². The molecule has 0 aliphatic heterocycles. The fourth-order valence-corrected chi connectivity index (χ4v) is 1.58. The highest BCUT2D eigenvalue weighted by atomic mass is 35.5. The largest absolute Gasteiger partial charge is 0.492 e. The van der Waals surface area contributed by atoms with Crippen molar-refractivity contribution in [3.63, 3.8) is 0 Å². The molecule has 0 spiro atoms. The molecule has 0 aliphatic carbocycles. The molecule has 2 N–H and O–H groups in total. The molecule has 1 aromatic carbocycles. The average Bonchev–Trinajstić information content (AvgIpc) is 2.41. The van der Waals surface area contributed by atoms with Gasteiger partial charge in [-0.3, -0.25) is 9.59 Å². The van der Waals surface area contributed by atoms with Gasteiger partial charge in [0.1, 0.15) is 11.1 Å². The summed E-state index contributed by atoms with van der Waals surface area (Å²) in [6.07, 6.45) is 0.176. The third kappa shape index (κ3) is 5.48. The minimum absolute atomic E-state index is 0.176. The van der Waals surface area contributed by atoms with Gasteiger partial charge in [-0.25, -0.2) is 0 Å². The van der Waals surface area contributed by atoms with E-state index in [1.54, 1.807) is 19.1 Å². The van der Waals surface area contributed by atoms with Crippen LogP contribution in [0.15, 0.2) is 24.3 Å². The van der Waals surface area contributed by atoms with Crippen LogP contribution in [0, 0.1) is 0 Å². The Balaban J connectivity index is 2.44. The first-order valence-corrected chi connectivity index (χ1v) is 6.91. The van der Waals surface area contributed by atoms with Crippen LogP contribution in [0.2, 0.25) is 0 Å². The van der Waals surface area contributed by atoms with Gasteiger partial charge in [0.2, 0.25) is 11.8 Å². The van der Waals surface area contributed by atoms with Crippen molar-refractivity contribution in [2.45, 2.75) is 25.6 Å². The molecule has 0 radical (unpaired) electrons. The number of rotatable bonds is 7. The van der Waals surface area contributed by atoms with Crippen LogP contribution in [0.25, 0.3) is 0 Å². The van der Waals surface area contributed by atoms with Gasteiger partial charge in [-0.15, -0.1) is 11.6 Å². The highest BCUT2D eigenvalue weighted by Gasteiger charge is 2.10. The predicted molar refractivity (Wildman–Crippen MR) is 79.2 cm³/mol. The van der Waals surface area contributed by atoms with E-state index >= 15 is 0 Å². The molecule has 0 heterocycles. The molecule has 6 heteroatoms. The number of ether oxygens (including phenoxy) is 1. The van der Waals surface area contributed by atoms with Crippen LogP contribution >= 0.6 is 11.6 Å². The van der Waals surface area contributed by atoms with Crippen molar-refractivity contribution in [2.24, 2.45) is 0 Å². The second-order valence-corrected chi connectivity index (χ2v) is 4.79. The Bertz CT molecular complexity index is 463. The molecule has 1 unspecified atom stereocenters. The molecule has 0 aromatic heterocycles. The smallest absolute Gasteiger partial charge is 0.237 e. The van der Waals surface area contributed by atoms with Gasteiger partial charge in [-0.05, 0) is 26.0 Å². The van der Waals surface area contributed by atoms with Gasteiger partial charge in [0.15, 0.2) is 0 Å².